The summed E-state index contributed by atoms with van der Waals surface area (Å²) in [4.78, 5) is 25.2. The van der Waals surface area contributed by atoms with Gasteiger partial charge in [0.05, 0.1) is 12.7 Å². The van der Waals surface area contributed by atoms with Crippen molar-refractivity contribution in [3.8, 4) is 0 Å². The molecular weight excluding hydrogens is 444 g/mol. The summed E-state index contributed by atoms with van der Waals surface area (Å²) in [5, 5.41) is 11.9. The van der Waals surface area contributed by atoms with E-state index in [0.717, 1.165) is 51.6 Å². The molecule has 1 spiro atoms. The van der Waals surface area contributed by atoms with E-state index in [0.29, 0.717) is 41.9 Å². The van der Waals surface area contributed by atoms with Gasteiger partial charge in [-0.1, -0.05) is 27.7 Å². The number of carbonyl (C=O) groups excluding carboxylic acids is 2. The molecule has 6 rings (SSSR count). The smallest absolute Gasteiger partial charge is 0.302 e. The molecule has 6 nitrogen and oxygen atoms in total. The van der Waals surface area contributed by atoms with Crippen molar-refractivity contribution in [1.82, 2.24) is 0 Å². The lowest BCUT2D eigenvalue weighted by Gasteiger charge is -2.63. The van der Waals surface area contributed by atoms with E-state index in [2.05, 4.69) is 27.7 Å². The van der Waals surface area contributed by atoms with Crippen LogP contribution in [-0.2, 0) is 23.8 Å². The SMILES string of the molecule is CC(=O)O[C@@H]1CC[C@]2(C)[C@H]3CC[C@]4(C)[C@@H]5[C@H](C[C@@H]4[C@@H]3CC(=O)[C@@]2(O)C1)O[C@]1(CC[C@@H](C)CO1)[C@H]5C. The van der Waals surface area contributed by atoms with Gasteiger partial charge in [0.25, 0.3) is 0 Å². The number of Topliss-reactive ketones (excluding diaryl/α,β-unsaturated/α-hetero) is 1. The van der Waals surface area contributed by atoms with Gasteiger partial charge in [0.15, 0.2) is 11.6 Å². The second-order valence-electron chi connectivity index (χ2n) is 13.8. The summed E-state index contributed by atoms with van der Waals surface area (Å²) >= 11 is 0. The Morgan fingerprint density at radius 3 is 2.54 bits per heavy atom. The van der Waals surface area contributed by atoms with Crippen LogP contribution in [0.1, 0.15) is 92.4 Å². The molecule has 0 unspecified atom stereocenters. The van der Waals surface area contributed by atoms with Gasteiger partial charge in [-0.25, -0.2) is 0 Å². The van der Waals surface area contributed by atoms with E-state index in [1.807, 2.05) is 0 Å². The number of esters is 1. The van der Waals surface area contributed by atoms with Crippen LogP contribution < -0.4 is 0 Å². The maximum Gasteiger partial charge on any atom is 0.302 e. The van der Waals surface area contributed by atoms with E-state index in [4.69, 9.17) is 14.2 Å². The second kappa shape index (κ2) is 7.77. The van der Waals surface area contributed by atoms with Gasteiger partial charge in [-0.05, 0) is 73.5 Å². The van der Waals surface area contributed by atoms with Crippen molar-refractivity contribution in [3.63, 3.8) is 0 Å². The van der Waals surface area contributed by atoms with E-state index in [1.54, 1.807) is 0 Å². The third-order valence-corrected chi connectivity index (χ3v) is 12.2. The van der Waals surface area contributed by atoms with Gasteiger partial charge in [0, 0.05) is 37.5 Å². The fraction of sp³-hybridized carbons (Fsp3) is 0.931. The van der Waals surface area contributed by atoms with Crippen LogP contribution in [0.5, 0.6) is 0 Å². The lowest BCUT2D eigenvalue weighted by atomic mass is 9.42. The number of carbonyl (C=O) groups is 2. The van der Waals surface area contributed by atoms with Crippen molar-refractivity contribution >= 4 is 11.8 Å². The van der Waals surface area contributed by atoms with Gasteiger partial charge in [0.1, 0.15) is 11.7 Å². The summed E-state index contributed by atoms with van der Waals surface area (Å²) in [5.41, 5.74) is -1.71. The number of fused-ring (bicyclic) bond motifs is 7. The lowest BCUT2D eigenvalue weighted by molar-refractivity contribution is -0.273. The molecule has 6 aliphatic rings. The molecule has 2 heterocycles. The molecule has 0 bridgehead atoms. The van der Waals surface area contributed by atoms with Crippen LogP contribution >= 0.6 is 0 Å². The zero-order valence-corrected chi connectivity index (χ0v) is 22.2. The number of rotatable bonds is 1. The summed E-state index contributed by atoms with van der Waals surface area (Å²) in [7, 11) is 0. The monoisotopic (exact) mass is 488 g/mol. The molecule has 35 heavy (non-hydrogen) atoms. The highest BCUT2D eigenvalue weighted by molar-refractivity contribution is 5.89. The minimum atomic E-state index is -1.39. The van der Waals surface area contributed by atoms with Gasteiger partial charge in [-0.3, -0.25) is 9.59 Å². The average molecular weight is 489 g/mol. The van der Waals surface area contributed by atoms with E-state index >= 15 is 0 Å². The summed E-state index contributed by atoms with van der Waals surface area (Å²) < 4.78 is 18.7. The average Bonchev–Trinajstić information content (AvgIpc) is 3.23. The van der Waals surface area contributed by atoms with Gasteiger partial charge in [-0.15, -0.1) is 0 Å². The lowest BCUT2D eigenvalue weighted by Crippen LogP contribution is -2.67. The Balaban J connectivity index is 1.26. The van der Waals surface area contributed by atoms with Crippen LogP contribution in [0, 0.1) is 46.3 Å². The third-order valence-electron chi connectivity index (χ3n) is 12.2. The van der Waals surface area contributed by atoms with Crippen molar-refractivity contribution in [2.75, 3.05) is 6.61 Å². The molecule has 12 atom stereocenters. The number of hydrogen-bond donors (Lipinski definition) is 1. The van der Waals surface area contributed by atoms with Crippen molar-refractivity contribution in [2.24, 2.45) is 46.3 Å². The summed E-state index contributed by atoms with van der Waals surface area (Å²) in [5.74, 6) is 1.68. The molecule has 2 aliphatic heterocycles. The largest absolute Gasteiger partial charge is 0.462 e. The summed E-state index contributed by atoms with van der Waals surface area (Å²) in [6.07, 6.45) is 7.30. The second-order valence-corrected chi connectivity index (χ2v) is 13.8. The molecule has 0 aromatic rings. The first-order valence-electron chi connectivity index (χ1n) is 14.2. The van der Waals surface area contributed by atoms with Crippen LogP contribution in [0.2, 0.25) is 0 Å². The minimum absolute atomic E-state index is 0.0329. The zero-order chi connectivity index (χ0) is 25.0. The third kappa shape index (κ3) is 3.18. The number of aliphatic hydroxyl groups is 1. The van der Waals surface area contributed by atoms with E-state index in [1.165, 1.54) is 6.92 Å². The topological polar surface area (TPSA) is 82.1 Å². The van der Waals surface area contributed by atoms with Crippen LogP contribution in [-0.4, -0.2) is 47.1 Å². The van der Waals surface area contributed by atoms with E-state index in [9.17, 15) is 14.7 Å². The number of ether oxygens (including phenoxy) is 3. The number of hydrogen-bond acceptors (Lipinski definition) is 6. The molecule has 6 fully saturated rings. The highest BCUT2D eigenvalue weighted by Crippen LogP contribution is 2.71. The fourth-order valence-electron chi connectivity index (χ4n) is 10.4. The Kier molecular flexibility index (Phi) is 5.41. The van der Waals surface area contributed by atoms with Crippen molar-refractivity contribution < 1.29 is 28.9 Å². The molecule has 0 aromatic carbocycles. The number of ketones is 1. The molecule has 4 aliphatic carbocycles. The first kappa shape index (κ1) is 24.4. The molecule has 0 aromatic heterocycles. The Morgan fingerprint density at radius 1 is 1.09 bits per heavy atom. The maximum absolute atomic E-state index is 13.7. The molecular formula is C29H44O6. The summed E-state index contributed by atoms with van der Waals surface area (Å²) in [6.45, 7) is 11.4. The highest BCUT2D eigenvalue weighted by atomic mass is 16.7. The highest BCUT2D eigenvalue weighted by Gasteiger charge is 2.72. The minimum Gasteiger partial charge on any atom is -0.462 e. The van der Waals surface area contributed by atoms with E-state index < -0.39 is 16.8 Å². The first-order chi connectivity index (χ1) is 16.4. The van der Waals surface area contributed by atoms with Crippen LogP contribution in [0.4, 0.5) is 0 Å². The fourth-order valence-corrected chi connectivity index (χ4v) is 10.4. The zero-order valence-electron chi connectivity index (χ0n) is 22.2. The standard InChI is InChI=1S/C29H44O6/c1-16-6-11-29(33-15-16)17(2)25-23(35-29)13-22-20-12-24(31)28(32)14-19(34-18(3)30)7-10-27(28,5)21(20)8-9-26(22,25)4/h16-17,19-23,25,32H,6-15H2,1-5H3/t16-,17+,19-,20-,21+,22-,23+,25+,26+,27-,28+,29-/m1/s1. The Labute approximate surface area is 209 Å². The molecule has 0 radical (unpaired) electrons. The quantitative estimate of drug-likeness (QED) is 0.541. The predicted octanol–water partition coefficient (Wildman–Crippen LogP) is 4.66. The van der Waals surface area contributed by atoms with Crippen molar-refractivity contribution in [3.05, 3.63) is 0 Å². The van der Waals surface area contributed by atoms with Gasteiger partial charge < -0.3 is 19.3 Å². The van der Waals surface area contributed by atoms with Crippen molar-refractivity contribution in [2.45, 2.75) is 116 Å². The molecule has 4 saturated carbocycles. The van der Waals surface area contributed by atoms with Crippen LogP contribution in [0.25, 0.3) is 0 Å². The molecule has 6 heteroatoms. The van der Waals surface area contributed by atoms with Gasteiger partial charge >= 0.3 is 5.97 Å². The molecule has 196 valence electrons. The Bertz CT molecular complexity index is 909. The predicted molar refractivity (Wildman–Crippen MR) is 129 cm³/mol. The Morgan fingerprint density at radius 2 is 1.86 bits per heavy atom. The molecule has 0 amide bonds. The molecule has 2 saturated heterocycles. The maximum atomic E-state index is 13.7. The van der Waals surface area contributed by atoms with Gasteiger partial charge in [-0.2, -0.15) is 0 Å². The van der Waals surface area contributed by atoms with Gasteiger partial charge in [0.2, 0.25) is 0 Å². The van der Waals surface area contributed by atoms with Crippen molar-refractivity contribution in [1.29, 1.82) is 0 Å². The normalized spacial score (nSPS) is 57.3. The van der Waals surface area contributed by atoms with E-state index in [-0.39, 0.29) is 35.8 Å². The van der Waals surface area contributed by atoms with Crippen LogP contribution in [0.3, 0.4) is 0 Å². The molecule has 1 N–H and O–H groups in total. The first-order valence-corrected chi connectivity index (χ1v) is 14.2. The van der Waals surface area contributed by atoms with Crippen LogP contribution in [0.15, 0.2) is 0 Å². The Hall–Kier alpha value is -0.980. The summed E-state index contributed by atoms with van der Waals surface area (Å²) in [6, 6.07) is 0.